The molecule has 1 heterocycles. The molecule has 0 aliphatic heterocycles. The lowest BCUT2D eigenvalue weighted by molar-refractivity contribution is -0.118. The van der Waals surface area contributed by atoms with E-state index in [1.807, 2.05) is 30.3 Å². The maximum absolute atomic E-state index is 10.8. The van der Waals surface area contributed by atoms with Crippen LogP contribution in [0.2, 0.25) is 0 Å². The molecule has 1 amide bonds. The van der Waals surface area contributed by atoms with Crippen LogP contribution in [0.4, 0.5) is 0 Å². The second-order valence-electron chi connectivity index (χ2n) is 3.70. The number of benzene rings is 1. The number of fused-ring (bicyclic) bond motifs is 1. The molecule has 2 rings (SSSR count). The summed E-state index contributed by atoms with van der Waals surface area (Å²) in [5.41, 5.74) is 12.7. The third-order valence-electron chi connectivity index (χ3n) is 2.48. The molecule has 0 radical (unpaired) electrons. The van der Waals surface area contributed by atoms with Gasteiger partial charge in [0, 0.05) is 24.0 Å². The van der Waals surface area contributed by atoms with Crippen LogP contribution in [0.15, 0.2) is 36.5 Å². The highest BCUT2D eigenvalue weighted by Crippen LogP contribution is 2.22. The zero-order valence-electron chi connectivity index (χ0n) is 8.76. The van der Waals surface area contributed by atoms with Gasteiger partial charge in [-0.25, -0.2) is 0 Å². The Labute approximate surface area is 93.3 Å². The molecule has 4 N–H and O–H groups in total. The molecule has 16 heavy (non-hydrogen) atoms. The molecular weight excluding hydrogens is 202 g/mol. The average Bonchev–Trinajstić information content (AvgIpc) is 2.27. The molecule has 4 nitrogen and oxygen atoms in total. The van der Waals surface area contributed by atoms with Gasteiger partial charge in [0.2, 0.25) is 5.91 Å². The SMILES string of the molecule is NC(=O)C[C@@H](N)c1cccc2cccnc12. The van der Waals surface area contributed by atoms with E-state index in [1.165, 1.54) is 0 Å². The Hall–Kier alpha value is -1.94. The third-order valence-corrected chi connectivity index (χ3v) is 2.48. The molecule has 0 unspecified atom stereocenters. The van der Waals surface area contributed by atoms with E-state index in [9.17, 15) is 4.79 Å². The molecule has 0 bridgehead atoms. The van der Waals surface area contributed by atoms with E-state index in [4.69, 9.17) is 11.5 Å². The molecule has 0 spiro atoms. The minimum absolute atomic E-state index is 0.135. The second-order valence-corrected chi connectivity index (χ2v) is 3.70. The van der Waals surface area contributed by atoms with Crippen LogP contribution in [0.25, 0.3) is 10.9 Å². The Morgan fingerprint density at radius 3 is 2.81 bits per heavy atom. The number of carbonyl (C=O) groups excluding carboxylic acids is 1. The van der Waals surface area contributed by atoms with Gasteiger partial charge >= 0.3 is 0 Å². The standard InChI is InChI=1S/C12H13N3O/c13-10(7-11(14)16)9-5-1-3-8-4-2-6-15-12(8)9/h1-6,10H,7,13H2,(H2,14,16)/t10-/m1/s1. The largest absolute Gasteiger partial charge is 0.370 e. The van der Waals surface area contributed by atoms with Crippen molar-refractivity contribution in [3.63, 3.8) is 0 Å². The Balaban J connectivity index is 2.47. The zero-order chi connectivity index (χ0) is 11.5. The van der Waals surface area contributed by atoms with Crippen LogP contribution < -0.4 is 11.5 Å². The molecule has 2 aromatic rings. The fourth-order valence-corrected chi connectivity index (χ4v) is 1.75. The number of hydrogen-bond donors (Lipinski definition) is 2. The van der Waals surface area contributed by atoms with Crippen molar-refractivity contribution in [1.29, 1.82) is 0 Å². The van der Waals surface area contributed by atoms with Crippen molar-refractivity contribution >= 4 is 16.8 Å². The van der Waals surface area contributed by atoms with E-state index < -0.39 is 11.9 Å². The molecule has 4 heteroatoms. The summed E-state index contributed by atoms with van der Waals surface area (Å²) in [7, 11) is 0. The van der Waals surface area contributed by atoms with E-state index in [0.29, 0.717) is 0 Å². The number of aromatic nitrogens is 1. The predicted molar refractivity (Wildman–Crippen MR) is 62.5 cm³/mol. The van der Waals surface area contributed by atoms with E-state index >= 15 is 0 Å². The molecule has 0 saturated heterocycles. The maximum Gasteiger partial charge on any atom is 0.219 e. The fourth-order valence-electron chi connectivity index (χ4n) is 1.75. The van der Waals surface area contributed by atoms with Crippen molar-refractivity contribution in [3.8, 4) is 0 Å². The van der Waals surface area contributed by atoms with Gasteiger partial charge < -0.3 is 11.5 Å². The lowest BCUT2D eigenvalue weighted by Gasteiger charge is -2.11. The quantitative estimate of drug-likeness (QED) is 0.804. The van der Waals surface area contributed by atoms with Crippen molar-refractivity contribution in [2.45, 2.75) is 12.5 Å². The van der Waals surface area contributed by atoms with Crippen LogP contribution in [-0.2, 0) is 4.79 Å². The highest BCUT2D eigenvalue weighted by molar-refractivity contribution is 5.83. The number of amides is 1. The Morgan fingerprint density at radius 1 is 1.31 bits per heavy atom. The number of hydrogen-bond acceptors (Lipinski definition) is 3. The van der Waals surface area contributed by atoms with E-state index in [-0.39, 0.29) is 6.42 Å². The van der Waals surface area contributed by atoms with E-state index in [2.05, 4.69) is 4.98 Å². The normalized spacial score (nSPS) is 12.6. The fraction of sp³-hybridized carbons (Fsp3) is 0.167. The number of rotatable bonds is 3. The van der Waals surface area contributed by atoms with Gasteiger partial charge in [-0.1, -0.05) is 24.3 Å². The van der Waals surface area contributed by atoms with Gasteiger partial charge in [0.15, 0.2) is 0 Å². The number of carbonyl (C=O) groups is 1. The predicted octanol–water partition coefficient (Wildman–Crippen LogP) is 1.11. The van der Waals surface area contributed by atoms with Crippen LogP contribution in [0, 0.1) is 0 Å². The van der Waals surface area contributed by atoms with Crippen molar-refractivity contribution in [1.82, 2.24) is 4.98 Å². The number of nitrogens with two attached hydrogens (primary N) is 2. The monoisotopic (exact) mass is 215 g/mol. The molecular formula is C12H13N3O. The zero-order valence-corrected chi connectivity index (χ0v) is 8.76. The molecule has 0 fully saturated rings. The molecule has 0 aliphatic carbocycles. The lowest BCUT2D eigenvalue weighted by Crippen LogP contribution is -2.21. The highest BCUT2D eigenvalue weighted by atomic mass is 16.1. The number of para-hydroxylation sites is 1. The van der Waals surface area contributed by atoms with Crippen LogP contribution >= 0.6 is 0 Å². The van der Waals surface area contributed by atoms with Crippen LogP contribution in [0.1, 0.15) is 18.0 Å². The van der Waals surface area contributed by atoms with Gasteiger partial charge in [-0.15, -0.1) is 0 Å². The highest BCUT2D eigenvalue weighted by Gasteiger charge is 2.12. The first-order valence-corrected chi connectivity index (χ1v) is 5.06. The summed E-state index contributed by atoms with van der Waals surface area (Å²) < 4.78 is 0. The minimum atomic E-state index is -0.402. The molecule has 0 saturated carbocycles. The van der Waals surface area contributed by atoms with Crippen LogP contribution in [0.5, 0.6) is 0 Å². The van der Waals surface area contributed by atoms with Crippen LogP contribution in [0.3, 0.4) is 0 Å². The van der Waals surface area contributed by atoms with E-state index in [1.54, 1.807) is 6.20 Å². The molecule has 1 atom stereocenters. The Kier molecular flexibility index (Phi) is 2.83. The topological polar surface area (TPSA) is 82.0 Å². The number of primary amides is 1. The van der Waals surface area contributed by atoms with Gasteiger partial charge in [-0.2, -0.15) is 0 Å². The van der Waals surface area contributed by atoms with Gasteiger partial charge in [0.1, 0.15) is 0 Å². The van der Waals surface area contributed by atoms with Crippen molar-refractivity contribution in [2.24, 2.45) is 11.5 Å². The molecule has 0 aliphatic rings. The first-order valence-electron chi connectivity index (χ1n) is 5.06. The first kappa shape index (κ1) is 10.6. The Morgan fingerprint density at radius 2 is 2.06 bits per heavy atom. The summed E-state index contributed by atoms with van der Waals surface area (Å²) >= 11 is 0. The molecule has 82 valence electrons. The molecule has 1 aromatic heterocycles. The van der Waals surface area contributed by atoms with E-state index in [0.717, 1.165) is 16.5 Å². The van der Waals surface area contributed by atoms with Crippen LogP contribution in [-0.4, -0.2) is 10.9 Å². The summed E-state index contributed by atoms with van der Waals surface area (Å²) in [5.74, 6) is -0.402. The summed E-state index contributed by atoms with van der Waals surface area (Å²) in [6, 6.07) is 9.18. The first-order chi connectivity index (χ1) is 7.68. The van der Waals surface area contributed by atoms with Gasteiger partial charge in [0.05, 0.1) is 5.52 Å². The number of nitrogens with zero attached hydrogens (tertiary/aromatic N) is 1. The summed E-state index contributed by atoms with van der Waals surface area (Å²) in [6.07, 6.45) is 1.85. The third kappa shape index (κ3) is 2.01. The Bertz CT molecular complexity index is 519. The van der Waals surface area contributed by atoms with Gasteiger partial charge in [0.25, 0.3) is 0 Å². The summed E-state index contributed by atoms with van der Waals surface area (Å²) in [6.45, 7) is 0. The average molecular weight is 215 g/mol. The van der Waals surface area contributed by atoms with Gasteiger partial charge in [-0.05, 0) is 11.6 Å². The second kappa shape index (κ2) is 4.28. The lowest BCUT2D eigenvalue weighted by atomic mass is 10.0. The van der Waals surface area contributed by atoms with Crippen molar-refractivity contribution < 1.29 is 4.79 Å². The smallest absolute Gasteiger partial charge is 0.219 e. The van der Waals surface area contributed by atoms with Crippen molar-refractivity contribution in [3.05, 3.63) is 42.1 Å². The van der Waals surface area contributed by atoms with Gasteiger partial charge in [-0.3, -0.25) is 9.78 Å². The molecule has 1 aromatic carbocycles. The summed E-state index contributed by atoms with van der Waals surface area (Å²) in [5, 5.41) is 1.01. The minimum Gasteiger partial charge on any atom is -0.370 e. The summed E-state index contributed by atoms with van der Waals surface area (Å²) in [4.78, 5) is 15.1. The maximum atomic E-state index is 10.8. The number of pyridine rings is 1. The van der Waals surface area contributed by atoms with Crippen molar-refractivity contribution in [2.75, 3.05) is 0 Å².